The molecular weight excluding hydrogens is 224 g/mol. The highest BCUT2D eigenvalue weighted by Gasteiger charge is 2.34. The molecule has 3 heteroatoms. The maximum atomic E-state index is 5.51. The number of hydrogen-bond donors (Lipinski definition) is 1. The van der Waals surface area contributed by atoms with Crippen molar-refractivity contribution in [2.75, 3.05) is 33.8 Å². The Hall–Kier alpha value is -1.06. The molecule has 2 rings (SSSR count). The predicted molar refractivity (Wildman–Crippen MR) is 75.0 cm³/mol. The van der Waals surface area contributed by atoms with E-state index in [1.54, 1.807) is 7.11 Å². The van der Waals surface area contributed by atoms with E-state index in [1.807, 2.05) is 6.07 Å². The number of para-hydroxylation sites is 1. The molecule has 0 bridgehead atoms. The minimum atomic E-state index is 0.472. The van der Waals surface area contributed by atoms with Gasteiger partial charge in [-0.1, -0.05) is 25.1 Å². The molecule has 18 heavy (non-hydrogen) atoms. The van der Waals surface area contributed by atoms with Gasteiger partial charge < -0.3 is 10.1 Å². The van der Waals surface area contributed by atoms with Crippen molar-refractivity contribution in [3.63, 3.8) is 0 Å². The maximum Gasteiger partial charge on any atom is 0.123 e. The molecule has 1 aliphatic rings. The van der Waals surface area contributed by atoms with Gasteiger partial charge in [0.2, 0.25) is 0 Å². The second-order valence-corrected chi connectivity index (χ2v) is 5.02. The van der Waals surface area contributed by atoms with Gasteiger partial charge in [-0.25, -0.2) is 0 Å². The van der Waals surface area contributed by atoms with Crippen LogP contribution in [0.5, 0.6) is 5.75 Å². The SMILES string of the molecule is CCNCC1CCN(C)C1c1ccccc1OC. The summed E-state index contributed by atoms with van der Waals surface area (Å²) < 4.78 is 5.51. The summed E-state index contributed by atoms with van der Waals surface area (Å²) >= 11 is 0. The fourth-order valence-electron chi connectivity index (χ4n) is 2.97. The van der Waals surface area contributed by atoms with Crippen molar-refractivity contribution in [1.29, 1.82) is 0 Å². The summed E-state index contributed by atoms with van der Waals surface area (Å²) in [6, 6.07) is 8.88. The summed E-state index contributed by atoms with van der Waals surface area (Å²) in [5, 5.41) is 3.48. The summed E-state index contributed by atoms with van der Waals surface area (Å²) in [6.07, 6.45) is 1.26. The molecule has 0 aliphatic carbocycles. The van der Waals surface area contributed by atoms with Crippen molar-refractivity contribution in [1.82, 2.24) is 10.2 Å². The molecular formula is C15H24N2O. The van der Waals surface area contributed by atoms with E-state index in [0.29, 0.717) is 12.0 Å². The summed E-state index contributed by atoms with van der Waals surface area (Å²) in [5.74, 6) is 1.68. The average Bonchev–Trinajstić information content (AvgIpc) is 2.77. The van der Waals surface area contributed by atoms with Crippen LogP contribution in [0, 0.1) is 5.92 Å². The first-order chi connectivity index (χ1) is 8.77. The number of rotatable bonds is 5. The first kappa shape index (κ1) is 13.4. The molecule has 0 spiro atoms. The van der Waals surface area contributed by atoms with E-state index in [-0.39, 0.29) is 0 Å². The molecule has 0 amide bonds. The number of methoxy groups -OCH3 is 1. The van der Waals surface area contributed by atoms with Crippen molar-refractivity contribution in [2.24, 2.45) is 5.92 Å². The van der Waals surface area contributed by atoms with Crippen LogP contribution in [0.2, 0.25) is 0 Å². The van der Waals surface area contributed by atoms with Gasteiger partial charge in [-0.05, 0) is 45.1 Å². The maximum absolute atomic E-state index is 5.51. The summed E-state index contributed by atoms with van der Waals surface area (Å²) in [7, 11) is 3.97. The van der Waals surface area contributed by atoms with Gasteiger partial charge in [-0.15, -0.1) is 0 Å². The Labute approximate surface area is 110 Å². The highest BCUT2D eigenvalue weighted by atomic mass is 16.5. The molecule has 2 atom stereocenters. The second kappa shape index (κ2) is 6.21. The third-order valence-corrected chi connectivity index (χ3v) is 3.89. The number of nitrogens with zero attached hydrogens (tertiary/aromatic N) is 1. The zero-order chi connectivity index (χ0) is 13.0. The molecule has 1 fully saturated rings. The van der Waals surface area contributed by atoms with E-state index in [9.17, 15) is 0 Å². The van der Waals surface area contributed by atoms with Crippen LogP contribution in [0.3, 0.4) is 0 Å². The van der Waals surface area contributed by atoms with Gasteiger partial charge in [0.1, 0.15) is 5.75 Å². The Kier molecular flexibility index (Phi) is 4.61. The standard InChI is InChI=1S/C15H24N2O/c1-4-16-11-12-9-10-17(2)15(12)13-7-5-6-8-14(13)18-3/h5-8,12,15-16H,4,9-11H2,1-3H3. The zero-order valence-corrected chi connectivity index (χ0v) is 11.6. The van der Waals surface area contributed by atoms with Crippen LogP contribution >= 0.6 is 0 Å². The van der Waals surface area contributed by atoms with Crippen molar-refractivity contribution < 1.29 is 4.74 Å². The minimum absolute atomic E-state index is 0.472. The van der Waals surface area contributed by atoms with Gasteiger partial charge in [0.05, 0.1) is 7.11 Å². The van der Waals surface area contributed by atoms with Gasteiger partial charge in [-0.2, -0.15) is 0 Å². The Morgan fingerprint density at radius 3 is 2.89 bits per heavy atom. The number of nitrogens with one attached hydrogen (secondary N) is 1. The van der Waals surface area contributed by atoms with E-state index in [1.165, 1.54) is 18.5 Å². The first-order valence-electron chi connectivity index (χ1n) is 6.81. The van der Waals surface area contributed by atoms with Crippen molar-refractivity contribution in [2.45, 2.75) is 19.4 Å². The van der Waals surface area contributed by atoms with Crippen molar-refractivity contribution >= 4 is 0 Å². The summed E-state index contributed by atoms with van der Waals surface area (Å²) in [5.41, 5.74) is 1.32. The average molecular weight is 248 g/mol. The lowest BCUT2D eigenvalue weighted by Crippen LogP contribution is -2.28. The minimum Gasteiger partial charge on any atom is -0.496 e. The van der Waals surface area contributed by atoms with Crippen LogP contribution in [0.1, 0.15) is 24.9 Å². The summed E-state index contributed by atoms with van der Waals surface area (Å²) in [6.45, 7) is 5.46. The molecule has 0 aromatic heterocycles. The van der Waals surface area contributed by atoms with Crippen LogP contribution in [0.25, 0.3) is 0 Å². The highest BCUT2D eigenvalue weighted by molar-refractivity contribution is 5.37. The topological polar surface area (TPSA) is 24.5 Å². The normalized spacial score (nSPS) is 24.4. The Morgan fingerprint density at radius 2 is 2.17 bits per heavy atom. The molecule has 2 unspecified atom stereocenters. The number of ether oxygens (including phenoxy) is 1. The Morgan fingerprint density at radius 1 is 1.39 bits per heavy atom. The molecule has 1 aromatic carbocycles. The van der Waals surface area contributed by atoms with Crippen molar-refractivity contribution in [3.8, 4) is 5.75 Å². The fourth-order valence-corrected chi connectivity index (χ4v) is 2.97. The molecule has 100 valence electrons. The van der Waals surface area contributed by atoms with Crippen LogP contribution in [0.4, 0.5) is 0 Å². The van der Waals surface area contributed by atoms with E-state index in [0.717, 1.165) is 18.8 Å². The smallest absolute Gasteiger partial charge is 0.123 e. The van der Waals surface area contributed by atoms with Crippen LogP contribution in [-0.2, 0) is 0 Å². The number of hydrogen-bond acceptors (Lipinski definition) is 3. The van der Waals surface area contributed by atoms with Gasteiger partial charge in [-0.3, -0.25) is 4.90 Å². The summed E-state index contributed by atoms with van der Waals surface area (Å²) in [4.78, 5) is 2.44. The van der Waals surface area contributed by atoms with E-state index >= 15 is 0 Å². The van der Waals surface area contributed by atoms with Gasteiger partial charge in [0.15, 0.2) is 0 Å². The van der Waals surface area contributed by atoms with Gasteiger partial charge in [0, 0.05) is 11.6 Å². The zero-order valence-electron chi connectivity index (χ0n) is 11.6. The third kappa shape index (κ3) is 2.68. The monoisotopic (exact) mass is 248 g/mol. The fraction of sp³-hybridized carbons (Fsp3) is 0.600. The quantitative estimate of drug-likeness (QED) is 0.865. The van der Waals surface area contributed by atoms with Gasteiger partial charge in [0.25, 0.3) is 0 Å². The largest absolute Gasteiger partial charge is 0.496 e. The molecule has 1 heterocycles. The third-order valence-electron chi connectivity index (χ3n) is 3.89. The molecule has 0 saturated carbocycles. The predicted octanol–water partition coefficient (Wildman–Crippen LogP) is 2.30. The molecule has 1 N–H and O–H groups in total. The van der Waals surface area contributed by atoms with Crippen LogP contribution < -0.4 is 10.1 Å². The second-order valence-electron chi connectivity index (χ2n) is 5.02. The van der Waals surface area contributed by atoms with Gasteiger partial charge >= 0.3 is 0 Å². The van der Waals surface area contributed by atoms with Crippen LogP contribution in [0.15, 0.2) is 24.3 Å². The molecule has 1 aliphatic heterocycles. The lowest BCUT2D eigenvalue weighted by molar-refractivity contribution is 0.264. The number of likely N-dealkylation sites (tertiary alicyclic amines) is 1. The number of benzene rings is 1. The molecule has 1 aromatic rings. The first-order valence-corrected chi connectivity index (χ1v) is 6.81. The van der Waals surface area contributed by atoms with E-state index in [2.05, 4.69) is 42.4 Å². The van der Waals surface area contributed by atoms with Crippen LogP contribution in [-0.4, -0.2) is 38.7 Å². The van der Waals surface area contributed by atoms with E-state index in [4.69, 9.17) is 4.74 Å². The lowest BCUT2D eigenvalue weighted by Gasteiger charge is -2.27. The lowest BCUT2D eigenvalue weighted by atomic mass is 9.93. The Balaban J connectivity index is 2.22. The molecule has 1 saturated heterocycles. The highest BCUT2D eigenvalue weighted by Crippen LogP contribution is 2.39. The van der Waals surface area contributed by atoms with Crippen molar-refractivity contribution in [3.05, 3.63) is 29.8 Å². The molecule has 3 nitrogen and oxygen atoms in total. The molecule has 0 radical (unpaired) electrons. The Bertz CT molecular complexity index is 381. The van der Waals surface area contributed by atoms with E-state index < -0.39 is 0 Å².